The van der Waals surface area contributed by atoms with Crippen LogP contribution in [0.15, 0.2) is 28.7 Å². The Balaban J connectivity index is 2.18. The van der Waals surface area contributed by atoms with Crippen LogP contribution in [0, 0.1) is 0 Å². The molecule has 0 spiro atoms. The molecular weight excluding hydrogens is 310 g/mol. The second kappa shape index (κ2) is 8.93. The van der Waals surface area contributed by atoms with Crippen LogP contribution in [0.3, 0.4) is 0 Å². The molecule has 1 rings (SSSR count). The van der Waals surface area contributed by atoms with Gasteiger partial charge < -0.3 is 15.2 Å². The summed E-state index contributed by atoms with van der Waals surface area (Å²) in [7, 11) is 0. The normalized spacial score (nSPS) is 11.9. The number of hydrogen-bond acceptors (Lipinski definition) is 3. The third kappa shape index (κ3) is 7.18. The van der Waals surface area contributed by atoms with Crippen molar-refractivity contribution in [1.82, 2.24) is 5.32 Å². The van der Waals surface area contributed by atoms with Crippen molar-refractivity contribution in [3.8, 4) is 5.75 Å². The predicted molar refractivity (Wildman–Crippen MR) is 78.2 cm³/mol. The van der Waals surface area contributed by atoms with Crippen molar-refractivity contribution in [2.75, 3.05) is 13.2 Å². The average Bonchev–Trinajstić information content (AvgIpc) is 2.38. The van der Waals surface area contributed by atoms with Crippen molar-refractivity contribution >= 4 is 21.8 Å². The fraction of sp³-hybridized carbons (Fsp3) is 0.500. The van der Waals surface area contributed by atoms with Crippen LogP contribution in [0.25, 0.3) is 0 Å². The Hall–Kier alpha value is -1.07. The maximum atomic E-state index is 11.6. The van der Waals surface area contributed by atoms with Gasteiger partial charge in [0.25, 0.3) is 0 Å². The van der Waals surface area contributed by atoms with Crippen LogP contribution in [0.2, 0.25) is 0 Å². The van der Waals surface area contributed by atoms with Crippen LogP contribution in [0.4, 0.5) is 0 Å². The molecule has 0 heterocycles. The number of aliphatic hydroxyl groups is 1. The summed E-state index contributed by atoms with van der Waals surface area (Å²) in [4.78, 5) is 11.6. The SMILES string of the molecule is CC(CCCO)NC(=O)CCOc1ccc(Br)cc1. The molecular formula is C14H20BrNO3. The molecule has 0 radical (unpaired) electrons. The van der Waals surface area contributed by atoms with Crippen molar-refractivity contribution in [2.45, 2.75) is 32.2 Å². The fourth-order valence-corrected chi connectivity index (χ4v) is 1.87. The zero-order valence-electron chi connectivity index (χ0n) is 11.1. The maximum absolute atomic E-state index is 11.6. The van der Waals surface area contributed by atoms with Gasteiger partial charge in [-0.05, 0) is 44.0 Å². The average molecular weight is 330 g/mol. The number of amides is 1. The lowest BCUT2D eigenvalue weighted by molar-refractivity contribution is -0.122. The highest BCUT2D eigenvalue weighted by Gasteiger charge is 2.07. The highest BCUT2D eigenvalue weighted by atomic mass is 79.9. The molecule has 19 heavy (non-hydrogen) atoms. The largest absolute Gasteiger partial charge is 0.493 e. The van der Waals surface area contributed by atoms with Gasteiger partial charge in [-0.15, -0.1) is 0 Å². The van der Waals surface area contributed by atoms with E-state index in [9.17, 15) is 4.79 Å². The monoisotopic (exact) mass is 329 g/mol. The summed E-state index contributed by atoms with van der Waals surface area (Å²) in [6, 6.07) is 7.59. The topological polar surface area (TPSA) is 58.6 Å². The number of carbonyl (C=O) groups excluding carboxylic acids is 1. The number of hydrogen-bond donors (Lipinski definition) is 2. The lowest BCUT2D eigenvalue weighted by Gasteiger charge is -2.13. The lowest BCUT2D eigenvalue weighted by Crippen LogP contribution is -2.33. The zero-order valence-corrected chi connectivity index (χ0v) is 12.6. The smallest absolute Gasteiger partial charge is 0.223 e. The Morgan fingerprint density at radius 2 is 2.11 bits per heavy atom. The van der Waals surface area contributed by atoms with Crippen molar-refractivity contribution in [1.29, 1.82) is 0 Å². The Morgan fingerprint density at radius 1 is 1.42 bits per heavy atom. The van der Waals surface area contributed by atoms with E-state index in [2.05, 4.69) is 21.2 Å². The van der Waals surface area contributed by atoms with E-state index in [0.29, 0.717) is 19.4 Å². The van der Waals surface area contributed by atoms with E-state index in [1.54, 1.807) is 0 Å². The van der Waals surface area contributed by atoms with Gasteiger partial charge in [-0.25, -0.2) is 0 Å². The molecule has 2 N–H and O–H groups in total. The first kappa shape index (κ1) is 16.0. The van der Waals surface area contributed by atoms with Crippen LogP contribution in [-0.4, -0.2) is 30.3 Å². The van der Waals surface area contributed by atoms with E-state index in [0.717, 1.165) is 16.6 Å². The van der Waals surface area contributed by atoms with Gasteiger partial charge in [0.2, 0.25) is 5.91 Å². The molecule has 0 aliphatic rings. The van der Waals surface area contributed by atoms with Gasteiger partial charge in [0.15, 0.2) is 0 Å². The van der Waals surface area contributed by atoms with Crippen molar-refractivity contribution < 1.29 is 14.6 Å². The summed E-state index contributed by atoms with van der Waals surface area (Å²) >= 11 is 3.35. The van der Waals surface area contributed by atoms with Crippen molar-refractivity contribution in [3.63, 3.8) is 0 Å². The van der Waals surface area contributed by atoms with Gasteiger partial charge in [-0.3, -0.25) is 4.79 Å². The summed E-state index contributed by atoms with van der Waals surface area (Å²) in [6.45, 7) is 2.45. The molecule has 0 aliphatic heterocycles. The molecule has 0 aromatic heterocycles. The number of carbonyl (C=O) groups is 1. The first-order valence-corrected chi connectivity index (χ1v) is 7.19. The summed E-state index contributed by atoms with van der Waals surface area (Å²) < 4.78 is 6.47. The van der Waals surface area contributed by atoms with Gasteiger partial charge in [0.05, 0.1) is 13.0 Å². The molecule has 4 nitrogen and oxygen atoms in total. The van der Waals surface area contributed by atoms with E-state index in [4.69, 9.17) is 9.84 Å². The first-order chi connectivity index (χ1) is 9.11. The van der Waals surface area contributed by atoms with Gasteiger partial charge in [-0.2, -0.15) is 0 Å². The minimum Gasteiger partial charge on any atom is -0.493 e. The first-order valence-electron chi connectivity index (χ1n) is 6.40. The summed E-state index contributed by atoms with van der Waals surface area (Å²) in [5.41, 5.74) is 0. The van der Waals surface area contributed by atoms with Crippen LogP contribution in [0.5, 0.6) is 5.75 Å². The predicted octanol–water partition coefficient (Wildman–Crippen LogP) is 2.50. The van der Waals surface area contributed by atoms with E-state index in [-0.39, 0.29) is 18.6 Å². The Bertz CT molecular complexity index is 381. The molecule has 5 heteroatoms. The molecule has 106 valence electrons. The highest BCUT2D eigenvalue weighted by molar-refractivity contribution is 9.10. The maximum Gasteiger partial charge on any atom is 0.223 e. The third-order valence-corrected chi connectivity index (χ3v) is 3.14. The number of aliphatic hydroxyl groups excluding tert-OH is 1. The van der Waals surface area contributed by atoms with Crippen LogP contribution in [-0.2, 0) is 4.79 Å². The number of benzene rings is 1. The standard InChI is InChI=1S/C14H20BrNO3/c1-11(3-2-9-17)16-14(18)8-10-19-13-6-4-12(15)5-7-13/h4-7,11,17H,2-3,8-10H2,1H3,(H,16,18). The lowest BCUT2D eigenvalue weighted by atomic mass is 10.2. The molecule has 0 saturated heterocycles. The van der Waals surface area contributed by atoms with E-state index < -0.39 is 0 Å². The van der Waals surface area contributed by atoms with Crippen molar-refractivity contribution in [3.05, 3.63) is 28.7 Å². The van der Waals surface area contributed by atoms with Gasteiger partial charge in [-0.1, -0.05) is 15.9 Å². The fourth-order valence-electron chi connectivity index (χ4n) is 1.61. The number of rotatable bonds is 8. The third-order valence-electron chi connectivity index (χ3n) is 2.61. The van der Waals surface area contributed by atoms with E-state index in [1.165, 1.54) is 0 Å². The molecule has 0 saturated carbocycles. The minimum absolute atomic E-state index is 0.0254. The summed E-state index contributed by atoms with van der Waals surface area (Å²) in [6.07, 6.45) is 1.83. The van der Waals surface area contributed by atoms with E-state index in [1.807, 2.05) is 31.2 Å². The van der Waals surface area contributed by atoms with Gasteiger partial charge >= 0.3 is 0 Å². The Labute approximate surface area is 122 Å². The molecule has 0 bridgehead atoms. The van der Waals surface area contributed by atoms with Gasteiger partial charge in [0, 0.05) is 17.1 Å². The molecule has 1 amide bonds. The Kier molecular flexibility index (Phi) is 7.52. The Morgan fingerprint density at radius 3 is 2.74 bits per heavy atom. The van der Waals surface area contributed by atoms with E-state index >= 15 is 0 Å². The zero-order chi connectivity index (χ0) is 14.1. The summed E-state index contributed by atoms with van der Waals surface area (Å²) in [5.74, 6) is 0.729. The second-order valence-corrected chi connectivity index (χ2v) is 5.30. The van der Waals surface area contributed by atoms with Crippen molar-refractivity contribution in [2.24, 2.45) is 0 Å². The summed E-state index contributed by atoms with van der Waals surface area (Å²) in [5, 5.41) is 11.6. The van der Waals surface area contributed by atoms with Crippen LogP contribution < -0.4 is 10.1 Å². The van der Waals surface area contributed by atoms with Gasteiger partial charge in [0.1, 0.15) is 5.75 Å². The molecule has 1 aromatic rings. The quantitative estimate of drug-likeness (QED) is 0.770. The highest BCUT2D eigenvalue weighted by Crippen LogP contribution is 2.16. The number of nitrogens with one attached hydrogen (secondary N) is 1. The number of ether oxygens (including phenoxy) is 1. The molecule has 0 aliphatic carbocycles. The molecule has 0 fully saturated rings. The van der Waals surface area contributed by atoms with Crippen LogP contribution >= 0.6 is 15.9 Å². The number of halogens is 1. The van der Waals surface area contributed by atoms with Crippen LogP contribution in [0.1, 0.15) is 26.2 Å². The molecule has 1 aromatic carbocycles. The molecule has 1 unspecified atom stereocenters. The molecule has 1 atom stereocenters. The minimum atomic E-state index is -0.0254. The second-order valence-electron chi connectivity index (χ2n) is 4.39.